The fraction of sp³-hybridized carbons (Fsp3) is 0.333. The van der Waals surface area contributed by atoms with E-state index in [4.69, 9.17) is 0 Å². The lowest BCUT2D eigenvalue weighted by Crippen LogP contribution is -2.30. The molecule has 1 saturated heterocycles. The van der Waals surface area contributed by atoms with Gasteiger partial charge in [-0.25, -0.2) is 9.97 Å². The predicted molar refractivity (Wildman–Crippen MR) is 143 cm³/mol. The molecule has 0 saturated carbocycles. The van der Waals surface area contributed by atoms with Crippen molar-refractivity contribution in [2.45, 2.75) is 26.2 Å². The van der Waals surface area contributed by atoms with E-state index in [0.717, 1.165) is 37.3 Å². The normalized spacial score (nSPS) is 12.9. The Hall–Kier alpha value is -4.14. The maximum atomic E-state index is 12.8. The van der Waals surface area contributed by atoms with Crippen molar-refractivity contribution in [3.8, 4) is 0 Å². The zero-order chi connectivity index (χ0) is 25.2. The summed E-state index contributed by atoms with van der Waals surface area (Å²) in [6, 6.07) is 15.4. The van der Waals surface area contributed by atoms with Crippen LogP contribution in [-0.2, 0) is 4.79 Å². The lowest BCUT2D eigenvalue weighted by molar-refractivity contribution is -0.127. The number of aromatic nitrogens is 2. The second-order valence-corrected chi connectivity index (χ2v) is 8.72. The van der Waals surface area contributed by atoms with Gasteiger partial charge in [0.05, 0.1) is 11.4 Å². The number of amides is 2. The van der Waals surface area contributed by atoms with Gasteiger partial charge < -0.3 is 26.2 Å². The van der Waals surface area contributed by atoms with Gasteiger partial charge >= 0.3 is 0 Å². The lowest BCUT2D eigenvalue weighted by Gasteiger charge is -2.16. The highest BCUT2D eigenvalue weighted by molar-refractivity contribution is 5.96. The van der Waals surface area contributed by atoms with Gasteiger partial charge in [-0.3, -0.25) is 9.59 Å². The molecule has 36 heavy (non-hydrogen) atoms. The number of hydrogen-bond donors (Lipinski definition) is 4. The Labute approximate surface area is 211 Å². The van der Waals surface area contributed by atoms with Crippen molar-refractivity contribution in [2.75, 3.05) is 48.7 Å². The number of likely N-dealkylation sites (tertiary alicyclic amines) is 1. The summed E-state index contributed by atoms with van der Waals surface area (Å²) in [5.41, 5.74) is 4.40. The van der Waals surface area contributed by atoms with Crippen LogP contribution in [0.4, 0.5) is 23.0 Å². The molecule has 2 amide bonds. The molecule has 3 aromatic rings. The van der Waals surface area contributed by atoms with Crippen LogP contribution in [0.3, 0.4) is 0 Å². The third-order valence-electron chi connectivity index (χ3n) is 6.06. The molecule has 4 rings (SSSR count). The SMILES string of the molecule is Cc1ccccc1NCCNc1ccc(C(=O)NCCCN2CCCC2=O)cc1Nc1ncccn1. The number of hydrogen-bond acceptors (Lipinski definition) is 7. The maximum absolute atomic E-state index is 12.8. The number of carbonyl (C=O) groups excluding carboxylic acids is 2. The van der Waals surface area contributed by atoms with Gasteiger partial charge in [0.25, 0.3) is 5.91 Å². The summed E-state index contributed by atoms with van der Waals surface area (Å²) >= 11 is 0. The smallest absolute Gasteiger partial charge is 0.251 e. The number of nitrogens with zero attached hydrogens (tertiary/aromatic N) is 3. The van der Waals surface area contributed by atoms with Crippen molar-refractivity contribution >= 4 is 34.8 Å². The van der Waals surface area contributed by atoms with Gasteiger partial charge in [-0.2, -0.15) is 0 Å². The van der Waals surface area contributed by atoms with E-state index >= 15 is 0 Å². The Kier molecular flexibility index (Phi) is 8.69. The molecule has 0 radical (unpaired) electrons. The number of aryl methyl sites for hydroxylation is 1. The molecule has 0 bridgehead atoms. The molecule has 188 valence electrons. The molecule has 0 unspecified atom stereocenters. The average Bonchev–Trinajstić information content (AvgIpc) is 3.31. The first-order chi connectivity index (χ1) is 17.6. The summed E-state index contributed by atoms with van der Waals surface area (Å²) in [7, 11) is 0. The van der Waals surface area contributed by atoms with E-state index in [1.165, 1.54) is 5.56 Å². The highest BCUT2D eigenvalue weighted by Crippen LogP contribution is 2.26. The number of nitrogens with one attached hydrogen (secondary N) is 4. The summed E-state index contributed by atoms with van der Waals surface area (Å²) in [5.74, 6) is 0.497. The molecule has 0 atom stereocenters. The van der Waals surface area contributed by atoms with Crippen molar-refractivity contribution in [1.29, 1.82) is 0 Å². The number of para-hydroxylation sites is 1. The molecule has 4 N–H and O–H groups in total. The fourth-order valence-corrected chi connectivity index (χ4v) is 4.11. The fourth-order valence-electron chi connectivity index (χ4n) is 4.11. The number of carbonyl (C=O) groups is 2. The van der Waals surface area contributed by atoms with Crippen molar-refractivity contribution in [3.05, 3.63) is 72.1 Å². The zero-order valence-electron chi connectivity index (χ0n) is 20.6. The summed E-state index contributed by atoms with van der Waals surface area (Å²) in [5, 5.41) is 13.0. The van der Waals surface area contributed by atoms with E-state index in [9.17, 15) is 9.59 Å². The third kappa shape index (κ3) is 6.94. The maximum Gasteiger partial charge on any atom is 0.251 e. The van der Waals surface area contributed by atoms with Crippen LogP contribution in [0.1, 0.15) is 35.2 Å². The van der Waals surface area contributed by atoms with Gasteiger partial charge in [0.15, 0.2) is 0 Å². The molecule has 1 aliphatic heterocycles. The Morgan fingerprint density at radius 3 is 2.47 bits per heavy atom. The van der Waals surface area contributed by atoms with Crippen molar-refractivity contribution in [3.63, 3.8) is 0 Å². The number of benzene rings is 2. The van der Waals surface area contributed by atoms with Gasteiger partial charge in [-0.1, -0.05) is 18.2 Å². The summed E-state index contributed by atoms with van der Waals surface area (Å²) in [4.78, 5) is 34.9. The highest BCUT2D eigenvalue weighted by Gasteiger charge is 2.19. The van der Waals surface area contributed by atoms with Crippen molar-refractivity contribution < 1.29 is 9.59 Å². The lowest BCUT2D eigenvalue weighted by atomic mass is 10.1. The van der Waals surface area contributed by atoms with E-state index in [0.29, 0.717) is 43.3 Å². The molecule has 0 aliphatic carbocycles. The van der Waals surface area contributed by atoms with Crippen LogP contribution in [0.15, 0.2) is 60.9 Å². The number of anilines is 4. The molecule has 9 nitrogen and oxygen atoms in total. The van der Waals surface area contributed by atoms with E-state index in [2.05, 4.69) is 50.3 Å². The molecule has 2 aromatic carbocycles. The van der Waals surface area contributed by atoms with E-state index in [1.54, 1.807) is 30.6 Å². The molecule has 1 aliphatic rings. The minimum absolute atomic E-state index is 0.160. The Morgan fingerprint density at radius 2 is 1.72 bits per heavy atom. The van der Waals surface area contributed by atoms with Crippen LogP contribution in [0.25, 0.3) is 0 Å². The van der Waals surface area contributed by atoms with E-state index in [1.807, 2.05) is 23.1 Å². The van der Waals surface area contributed by atoms with Crippen LogP contribution >= 0.6 is 0 Å². The van der Waals surface area contributed by atoms with Gasteiger partial charge in [-0.05, 0) is 55.7 Å². The minimum Gasteiger partial charge on any atom is -0.383 e. The second kappa shape index (κ2) is 12.5. The Morgan fingerprint density at radius 1 is 0.944 bits per heavy atom. The van der Waals surface area contributed by atoms with Gasteiger partial charge in [-0.15, -0.1) is 0 Å². The van der Waals surface area contributed by atoms with Gasteiger partial charge in [0.1, 0.15) is 0 Å². The molecule has 1 aromatic heterocycles. The van der Waals surface area contributed by atoms with Gasteiger partial charge in [0.2, 0.25) is 11.9 Å². The molecule has 1 fully saturated rings. The van der Waals surface area contributed by atoms with Gasteiger partial charge in [0, 0.05) is 62.8 Å². The standard InChI is InChI=1S/C27H33N7O2/c1-20-7-2-3-8-22(20)28-15-16-29-23-11-10-21(19-24(23)33-27-31-12-5-13-32-27)26(36)30-14-6-18-34-17-4-9-25(34)35/h2-3,5,7-8,10-13,19,28-29H,4,6,9,14-18H2,1H3,(H,30,36)(H,31,32,33). The minimum atomic E-state index is -0.160. The van der Waals surface area contributed by atoms with Crippen LogP contribution in [0.5, 0.6) is 0 Å². The monoisotopic (exact) mass is 487 g/mol. The Bertz CT molecular complexity index is 1170. The van der Waals surface area contributed by atoms with Crippen molar-refractivity contribution in [1.82, 2.24) is 20.2 Å². The molecular formula is C27H33N7O2. The zero-order valence-corrected chi connectivity index (χ0v) is 20.6. The van der Waals surface area contributed by atoms with E-state index < -0.39 is 0 Å². The Balaban J connectivity index is 1.35. The summed E-state index contributed by atoms with van der Waals surface area (Å²) in [6.45, 7) is 5.49. The second-order valence-electron chi connectivity index (χ2n) is 8.72. The quantitative estimate of drug-likeness (QED) is 0.288. The van der Waals surface area contributed by atoms with E-state index in [-0.39, 0.29) is 11.8 Å². The highest BCUT2D eigenvalue weighted by atomic mass is 16.2. The molecule has 0 spiro atoms. The topological polar surface area (TPSA) is 111 Å². The van der Waals surface area contributed by atoms with Crippen LogP contribution in [-0.4, -0.2) is 59.4 Å². The largest absolute Gasteiger partial charge is 0.383 e. The van der Waals surface area contributed by atoms with Crippen LogP contribution in [0.2, 0.25) is 0 Å². The average molecular weight is 488 g/mol. The van der Waals surface area contributed by atoms with Crippen LogP contribution in [0, 0.1) is 6.92 Å². The van der Waals surface area contributed by atoms with Crippen molar-refractivity contribution in [2.24, 2.45) is 0 Å². The number of rotatable bonds is 12. The molecule has 2 heterocycles. The first-order valence-electron chi connectivity index (χ1n) is 12.4. The first-order valence-corrected chi connectivity index (χ1v) is 12.4. The first kappa shape index (κ1) is 25.0. The third-order valence-corrected chi connectivity index (χ3v) is 6.06. The molecular weight excluding hydrogens is 454 g/mol. The molecule has 9 heteroatoms. The van der Waals surface area contributed by atoms with Crippen LogP contribution < -0.4 is 21.3 Å². The predicted octanol–water partition coefficient (Wildman–Crippen LogP) is 3.79. The summed E-state index contributed by atoms with van der Waals surface area (Å²) in [6.07, 6.45) is 5.62. The summed E-state index contributed by atoms with van der Waals surface area (Å²) < 4.78 is 0.